The number of anilines is 5. The number of para-hydroxylation sites is 2. The number of hydrogen-bond acceptors (Lipinski definition) is 4. The fourth-order valence-electron chi connectivity index (χ4n) is 10.8. The van der Waals surface area contributed by atoms with E-state index >= 15 is 0 Å². The topological polar surface area (TPSA) is 41.6 Å². The Balaban J connectivity index is 1.20. The SMILES string of the molecule is CC(C)(C)c1ccc(Nc2c(-c3c4c(cc5c3oc3ccccc35)N(c3ccc(C(C)(C)C)cc3-c3ccccc3)c3oc5ccccc5c3[B]4)ccc3c2C(C)(C)c2ccccc2-3)cc1. The first kappa shape index (κ1) is 40.3. The average molecular weight is 856 g/mol. The van der Waals surface area contributed by atoms with Gasteiger partial charge < -0.3 is 14.2 Å². The van der Waals surface area contributed by atoms with Crippen LogP contribution >= 0.6 is 0 Å². The second kappa shape index (κ2) is 14.4. The predicted molar refractivity (Wildman–Crippen MR) is 279 cm³/mol. The van der Waals surface area contributed by atoms with Gasteiger partial charge in [0.15, 0.2) is 5.88 Å². The van der Waals surface area contributed by atoms with Crippen molar-refractivity contribution in [2.75, 3.05) is 10.2 Å². The molecule has 0 unspecified atom stereocenters. The largest absolute Gasteiger partial charge is 0.455 e. The van der Waals surface area contributed by atoms with Gasteiger partial charge in [0.25, 0.3) is 0 Å². The minimum Gasteiger partial charge on any atom is -0.455 e. The molecule has 0 amide bonds. The zero-order valence-corrected chi connectivity index (χ0v) is 38.9. The van der Waals surface area contributed by atoms with Crippen LogP contribution in [-0.2, 0) is 16.2 Å². The highest BCUT2D eigenvalue weighted by Crippen LogP contribution is 2.56. The minimum atomic E-state index is -0.305. The van der Waals surface area contributed by atoms with Crippen LogP contribution in [0.25, 0.3) is 66.3 Å². The fraction of sp³-hybridized carbons (Fsp3) is 0.180. The Labute approximate surface area is 388 Å². The summed E-state index contributed by atoms with van der Waals surface area (Å²) in [5, 5.41) is 7.28. The lowest BCUT2D eigenvalue weighted by Crippen LogP contribution is -2.40. The lowest BCUT2D eigenvalue weighted by molar-refractivity contribution is 0.590. The molecular weight excluding hydrogens is 803 g/mol. The van der Waals surface area contributed by atoms with Crippen LogP contribution < -0.4 is 21.1 Å². The van der Waals surface area contributed by atoms with Crippen molar-refractivity contribution in [3.05, 3.63) is 186 Å². The van der Waals surface area contributed by atoms with E-state index in [1.165, 1.54) is 33.4 Å². The highest BCUT2D eigenvalue weighted by Gasteiger charge is 2.41. The van der Waals surface area contributed by atoms with E-state index in [1.807, 2.05) is 0 Å². The van der Waals surface area contributed by atoms with E-state index in [4.69, 9.17) is 8.83 Å². The summed E-state index contributed by atoms with van der Waals surface area (Å²) in [6.07, 6.45) is 0. The summed E-state index contributed by atoms with van der Waals surface area (Å²) >= 11 is 0. The Bertz CT molecular complexity index is 3580. The smallest absolute Gasteiger partial charge is 0.203 e. The van der Waals surface area contributed by atoms with Gasteiger partial charge in [-0.2, -0.15) is 0 Å². The number of benzene rings is 8. The Morgan fingerprint density at radius 2 is 1.15 bits per heavy atom. The van der Waals surface area contributed by atoms with Crippen molar-refractivity contribution >= 4 is 79.7 Å². The third kappa shape index (κ3) is 6.13. The van der Waals surface area contributed by atoms with Gasteiger partial charge in [0, 0.05) is 49.6 Å². The molecule has 1 aliphatic heterocycles. The van der Waals surface area contributed by atoms with Crippen LogP contribution in [-0.4, -0.2) is 7.28 Å². The molecule has 2 aliphatic rings. The summed E-state index contributed by atoms with van der Waals surface area (Å²) in [5.74, 6) is 0.797. The maximum Gasteiger partial charge on any atom is 0.203 e. The molecular formula is C61H52BN2O2. The lowest BCUT2D eigenvalue weighted by Gasteiger charge is -2.34. The number of hydrogen-bond donors (Lipinski definition) is 1. The summed E-state index contributed by atoms with van der Waals surface area (Å²) in [6, 6.07) is 59.6. The number of nitrogens with zero attached hydrogens (tertiary/aromatic N) is 1. The molecule has 321 valence electrons. The molecule has 66 heavy (non-hydrogen) atoms. The Hall–Kier alpha value is -7.24. The molecule has 10 aromatic rings. The molecule has 2 aromatic heterocycles. The summed E-state index contributed by atoms with van der Waals surface area (Å²) in [5.41, 5.74) is 20.6. The highest BCUT2D eigenvalue weighted by atomic mass is 16.4. The molecule has 0 saturated carbocycles. The van der Waals surface area contributed by atoms with Crippen molar-refractivity contribution in [3.63, 3.8) is 0 Å². The predicted octanol–water partition coefficient (Wildman–Crippen LogP) is 15.7. The van der Waals surface area contributed by atoms with Gasteiger partial charge in [-0.15, -0.1) is 0 Å². The summed E-state index contributed by atoms with van der Waals surface area (Å²) < 4.78 is 14.2. The Morgan fingerprint density at radius 3 is 1.89 bits per heavy atom. The van der Waals surface area contributed by atoms with Gasteiger partial charge in [-0.05, 0) is 103 Å². The maximum atomic E-state index is 7.15. The van der Waals surface area contributed by atoms with Crippen molar-refractivity contribution in [3.8, 4) is 33.4 Å². The third-order valence-corrected chi connectivity index (χ3v) is 14.2. The van der Waals surface area contributed by atoms with E-state index in [9.17, 15) is 0 Å². The number of furan rings is 2. The molecule has 4 nitrogen and oxygen atoms in total. The first-order valence-corrected chi connectivity index (χ1v) is 23.3. The second-order valence-corrected chi connectivity index (χ2v) is 20.8. The van der Waals surface area contributed by atoms with Gasteiger partial charge in [0.1, 0.15) is 16.7 Å². The monoisotopic (exact) mass is 855 g/mol. The van der Waals surface area contributed by atoms with Crippen LogP contribution in [0.15, 0.2) is 173 Å². The average Bonchev–Trinajstić information content (AvgIpc) is 3.95. The molecule has 0 fully saturated rings. The molecule has 1 N–H and O–H groups in total. The fourth-order valence-corrected chi connectivity index (χ4v) is 10.8. The Kier molecular flexibility index (Phi) is 8.78. The number of nitrogens with one attached hydrogen (secondary N) is 1. The van der Waals surface area contributed by atoms with Crippen molar-refractivity contribution in [1.29, 1.82) is 0 Å². The van der Waals surface area contributed by atoms with Gasteiger partial charge in [0.05, 0.1) is 11.4 Å². The van der Waals surface area contributed by atoms with Crippen molar-refractivity contribution in [1.82, 2.24) is 0 Å². The van der Waals surface area contributed by atoms with Crippen LogP contribution in [0.3, 0.4) is 0 Å². The van der Waals surface area contributed by atoms with Crippen molar-refractivity contribution in [2.45, 2.75) is 71.6 Å². The molecule has 12 rings (SSSR count). The first-order chi connectivity index (χ1) is 31.8. The zero-order chi connectivity index (χ0) is 45.3. The van der Waals surface area contributed by atoms with Crippen molar-refractivity contribution in [2.24, 2.45) is 0 Å². The van der Waals surface area contributed by atoms with E-state index in [-0.39, 0.29) is 16.2 Å². The second-order valence-electron chi connectivity index (χ2n) is 20.8. The zero-order valence-electron chi connectivity index (χ0n) is 38.9. The molecule has 0 bridgehead atoms. The lowest BCUT2D eigenvalue weighted by atomic mass is 9.58. The molecule has 0 spiro atoms. The van der Waals surface area contributed by atoms with Gasteiger partial charge >= 0.3 is 0 Å². The van der Waals surface area contributed by atoms with Gasteiger partial charge in [0.2, 0.25) is 7.28 Å². The van der Waals surface area contributed by atoms with E-state index < -0.39 is 0 Å². The summed E-state index contributed by atoms with van der Waals surface area (Å²) in [4.78, 5) is 2.38. The van der Waals surface area contributed by atoms with Crippen molar-refractivity contribution < 1.29 is 8.83 Å². The minimum absolute atomic E-state index is 0.0303. The van der Waals surface area contributed by atoms with Gasteiger partial charge in [-0.25, -0.2) is 0 Å². The van der Waals surface area contributed by atoms with E-state index in [0.717, 1.165) is 94.7 Å². The molecule has 8 aromatic carbocycles. The molecule has 3 heterocycles. The van der Waals surface area contributed by atoms with Crippen LogP contribution in [0.2, 0.25) is 0 Å². The molecule has 1 aliphatic carbocycles. The number of fused-ring (bicyclic) bond motifs is 10. The van der Waals surface area contributed by atoms with Crippen LogP contribution in [0, 0.1) is 0 Å². The molecule has 0 saturated heterocycles. The van der Waals surface area contributed by atoms with E-state index in [2.05, 4.69) is 237 Å². The molecule has 0 atom stereocenters. The van der Waals surface area contributed by atoms with Gasteiger partial charge in [-0.1, -0.05) is 177 Å². The molecule has 1 radical (unpaired) electrons. The van der Waals surface area contributed by atoms with E-state index in [1.54, 1.807) is 0 Å². The standard InChI is InChI=1S/C61H52BN2O2/c1-59(2,3)37-26-29-39(30-27-37)63-56-44(32-31-42-40-20-12-15-23-47(40)61(7,8)53(42)56)52-55-49(35-46-41-21-13-16-24-50(41)65-57(46)52)64(58-54(62-55)43-22-14-17-25-51(43)66-58)48-33-28-38(60(4,5)6)34-45(48)36-18-10-9-11-19-36/h9-35,63H,1-8H3. The highest BCUT2D eigenvalue weighted by molar-refractivity contribution is 6.76. The van der Waals surface area contributed by atoms with Crippen LogP contribution in [0.4, 0.5) is 28.6 Å². The van der Waals surface area contributed by atoms with Crippen LogP contribution in [0.1, 0.15) is 77.6 Å². The number of rotatable bonds is 5. The maximum absolute atomic E-state index is 7.15. The van der Waals surface area contributed by atoms with E-state index in [0.29, 0.717) is 0 Å². The normalized spacial score (nSPS) is 14.0. The summed E-state index contributed by atoms with van der Waals surface area (Å²) in [7, 11) is 2.36. The van der Waals surface area contributed by atoms with Crippen LogP contribution in [0.5, 0.6) is 0 Å². The van der Waals surface area contributed by atoms with Gasteiger partial charge in [-0.3, -0.25) is 4.90 Å². The Morgan fingerprint density at radius 1 is 0.515 bits per heavy atom. The third-order valence-electron chi connectivity index (χ3n) is 14.2. The quantitative estimate of drug-likeness (QED) is 0.175. The first-order valence-electron chi connectivity index (χ1n) is 23.3. The summed E-state index contributed by atoms with van der Waals surface area (Å²) in [6.45, 7) is 18.4. The molecule has 5 heteroatoms.